The maximum absolute atomic E-state index is 11.3. The van der Waals surface area contributed by atoms with Gasteiger partial charge in [-0.05, 0) is 51.7 Å². The lowest BCUT2D eigenvalue weighted by Gasteiger charge is -2.10. The normalized spacial score (nSPS) is 15.2. The molecule has 2 N–H and O–H groups in total. The highest BCUT2D eigenvalue weighted by molar-refractivity contribution is 9.11. The summed E-state index contributed by atoms with van der Waals surface area (Å²) in [6, 6.07) is 7.60. The lowest BCUT2D eigenvalue weighted by atomic mass is 10.0. The SMILES string of the molecule is Cc1cc(C(O)c2ccc3c(c2)CC(=O)N3)sc1Br. The van der Waals surface area contributed by atoms with Crippen molar-refractivity contribution in [3.63, 3.8) is 0 Å². The number of rotatable bonds is 2. The van der Waals surface area contributed by atoms with Crippen molar-refractivity contribution in [2.45, 2.75) is 19.4 Å². The number of carbonyl (C=O) groups is 1. The van der Waals surface area contributed by atoms with Gasteiger partial charge in [-0.25, -0.2) is 0 Å². The van der Waals surface area contributed by atoms with Crippen LogP contribution in [0.3, 0.4) is 0 Å². The van der Waals surface area contributed by atoms with Crippen molar-refractivity contribution in [3.8, 4) is 0 Å². The predicted octanol–water partition coefficient (Wildman–Crippen LogP) is 3.40. The number of benzene rings is 1. The smallest absolute Gasteiger partial charge is 0.228 e. The van der Waals surface area contributed by atoms with Crippen LogP contribution in [-0.2, 0) is 11.2 Å². The average Bonchev–Trinajstić information content (AvgIpc) is 2.90. The van der Waals surface area contributed by atoms with Crippen molar-refractivity contribution in [3.05, 3.63) is 49.6 Å². The van der Waals surface area contributed by atoms with E-state index in [1.807, 2.05) is 31.2 Å². The Hall–Kier alpha value is -1.17. The monoisotopic (exact) mass is 337 g/mol. The summed E-state index contributed by atoms with van der Waals surface area (Å²) in [5.41, 5.74) is 3.75. The summed E-state index contributed by atoms with van der Waals surface area (Å²) in [6.07, 6.45) is -0.251. The van der Waals surface area contributed by atoms with E-state index in [-0.39, 0.29) is 5.91 Å². The summed E-state index contributed by atoms with van der Waals surface area (Å²) in [5.74, 6) is 0.0105. The van der Waals surface area contributed by atoms with Crippen LogP contribution in [0.5, 0.6) is 0 Å². The molecule has 3 rings (SSSR count). The molecule has 0 saturated heterocycles. The number of aliphatic hydroxyl groups is 1. The molecule has 3 nitrogen and oxygen atoms in total. The Labute approximate surface area is 123 Å². The first-order chi connectivity index (χ1) is 9.04. The molecule has 1 unspecified atom stereocenters. The topological polar surface area (TPSA) is 49.3 Å². The second kappa shape index (κ2) is 4.74. The number of aryl methyl sites for hydroxylation is 1. The van der Waals surface area contributed by atoms with Crippen LogP contribution < -0.4 is 5.32 Å². The largest absolute Gasteiger partial charge is 0.383 e. The number of aliphatic hydroxyl groups excluding tert-OH is 1. The minimum Gasteiger partial charge on any atom is -0.383 e. The molecular formula is C14H12BrNO2S. The van der Waals surface area contributed by atoms with Crippen molar-refractivity contribution >= 4 is 38.9 Å². The highest BCUT2D eigenvalue weighted by atomic mass is 79.9. The van der Waals surface area contributed by atoms with Gasteiger partial charge in [0, 0.05) is 10.6 Å². The zero-order valence-corrected chi connectivity index (χ0v) is 12.6. The molecule has 0 radical (unpaired) electrons. The van der Waals surface area contributed by atoms with Crippen molar-refractivity contribution in [2.75, 3.05) is 5.32 Å². The highest BCUT2D eigenvalue weighted by Crippen LogP contribution is 2.35. The number of carbonyl (C=O) groups excluding carboxylic acids is 1. The molecule has 1 atom stereocenters. The van der Waals surface area contributed by atoms with E-state index in [2.05, 4.69) is 21.2 Å². The number of thiophene rings is 1. The van der Waals surface area contributed by atoms with E-state index >= 15 is 0 Å². The van der Waals surface area contributed by atoms with Gasteiger partial charge in [0.25, 0.3) is 0 Å². The first-order valence-electron chi connectivity index (χ1n) is 5.91. The Morgan fingerprint density at radius 1 is 1.42 bits per heavy atom. The van der Waals surface area contributed by atoms with Gasteiger partial charge < -0.3 is 10.4 Å². The number of anilines is 1. The Morgan fingerprint density at radius 2 is 2.21 bits per heavy atom. The number of halogens is 1. The molecule has 98 valence electrons. The second-order valence-electron chi connectivity index (χ2n) is 4.65. The van der Waals surface area contributed by atoms with Crippen LogP contribution in [-0.4, -0.2) is 11.0 Å². The third kappa shape index (κ3) is 2.33. The molecule has 1 aliphatic rings. The molecule has 0 spiro atoms. The molecule has 2 aromatic rings. The maximum atomic E-state index is 11.3. The number of hydrogen-bond donors (Lipinski definition) is 2. The zero-order chi connectivity index (χ0) is 13.6. The van der Waals surface area contributed by atoms with Gasteiger partial charge in [0.15, 0.2) is 0 Å². The predicted molar refractivity (Wildman–Crippen MR) is 79.6 cm³/mol. The molecule has 0 saturated carbocycles. The van der Waals surface area contributed by atoms with Gasteiger partial charge in [-0.15, -0.1) is 11.3 Å². The van der Waals surface area contributed by atoms with Crippen molar-refractivity contribution in [1.29, 1.82) is 0 Å². The lowest BCUT2D eigenvalue weighted by molar-refractivity contribution is -0.115. The molecule has 5 heteroatoms. The molecule has 0 aliphatic carbocycles. The highest BCUT2D eigenvalue weighted by Gasteiger charge is 2.21. The van der Waals surface area contributed by atoms with Gasteiger partial charge in [-0.1, -0.05) is 12.1 Å². The molecule has 19 heavy (non-hydrogen) atoms. The van der Waals surface area contributed by atoms with Crippen LogP contribution >= 0.6 is 27.3 Å². The van der Waals surface area contributed by atoms with Crippen LogP contribution in [0.25, 0.3) is 0 Å². The summed E-state index contributed by atoms with van der Waals surface area (Å²) in [4.78, 5) is 12.2. The zero-order valence-electron chi connectivity index (χ0n) is 10.2. The van der Waals surface area contributed by atoms with E-state index in [1.165, 1.54) is 11.3 Å². The molecule has 1 amide bonds. The van der Waals surface area contributed by atoms with Crippen molar-refractivity contribution in [1.82, 2.24) is 0 Å². The van der Waals surface area contributed by atoms with Crippen LogP contribution in [0.15, 0.2) is 28.1 Å². The van der Waals surface area contributed by atoms with Crippen molar-refractivity contribution in [2.24, 2.45) is 0 Å². The summed E-state index contributed by atoms with van der Waals surface area (Å²) in [5, 5.41) is 13.2. The van der Waals surface area contributed by atoms with Crippen LogP contribution in [0, 0.1) is 6.92 Å². The second-order valence-corrected chi connectivity index (χ2v) is 7.05. The van der Waals surface area contributed by atoms with Gasteiger partial charge >= 0.3 is 0 Å². The number of amides is 1. The van der Waals surface area contributed by atoms with Gasteiger partial charge in [0.05, 0.1) is 10.2 Å². The number of hydrogen-bond acceptors (Lipinski definition) is 3. The van der Waals surface area contributed by atoms with Gasteiger partial charge in [0.2, 0.25) is 5.91 Å². The number of fused-ring (bicyclic) bond motifs is 1. The molecular weight excluding hydrogens is 326 g/mol. The van der Waals surface area contributed by atoms with Gasteiger partial charge in [0.1, 0.15) is 6.10 Å². The van der Waals surface area contributed by atoms with Gasteiger partial charge in [-0.3, -0.25) is 4.79 Å². The standard InChI is InChI=1S/C14H12BrNO2S/c1-7-4-11(19-14(7)15)13(18)8-2-3-10-9(5-8)6-12(17)16-10/h2-5,13,18H,6H2,1H3,(H,16,17). The molecule has 1 aromatic heterocycles. The molecule has 1 aromatic carbocycles. The van der Waals surface area contributed by atoms with Gasteiger partial charge in [-0.2, -0.15) is 0 Å². The van der Waals surface area contributed by atoms with Crippen LogP contribution in [0.2, 0.25) is 0 Å². The summed E-state index contributed by atoms with van der Waals surface area (Å²) in [6.45, 7) is 2.00. The van der Waals surface area contributed by atoms with Crippen LogP contribution in [0.1, 0.15) is 27.7 Å². The molecule has 1 aliphatic heterocycles. The van der Waals surface area contributed by atoms with E-state index in [0.29, 0.717) is 6.42 Å². The maximum Gasteiger partial charge on any atom is 0.228 e. The summed E-state index contributed by atoms with van der Waals surface area (Å²) < 4.78 is 1.04. The lowest BCUT2D eigenvalue weighted by Crippen LogP contribution is -2.03. The quantitative estimate of drug-likeness (QED) is 0.882. The number of nitrogens with one attached hydrogen (secondary N) is 1. The Morgan fingerprint density at radius 3 is 2.89 bits per heavy atom. The van der Waals surface area contributed by atoms with Crippen LogP contribution in [0.4, 0.5) is 5.69 Å². The minimum absolute atomic E-state index is 0.0105. The van der Waals surface area contributed by atoms with E-state index in [1.54, 1.807) is 0 Å². The Bertz CT molecular complexity index is 646. The Kier molecular flexibility index (Phi) is 3.20. The van der Waals surface area contributed by atoms with E-state index in [9.17, 15) is 9.90 Å². The summed E-state index contributed by atoms with van der Waals surface area (Å²) >= 11 is 5.00. The van der Waals surface area contributed by atoms with E-state index in [4.69, 9.17) is 0 Å². The fourth-order valence-electron chi connectivity index (χ4n) is 2.20. The first-order valence-corrected chi connectivity index (χ1v) is 7.52. The minimum atomic E-state index is -0.643. The Balaban J connectivity index is 1.94. The summed E-state index contributed by atoms with van der Waals surface area (Å²) in [7, 11) is 0. The van der Waals surface area contributed by atoms with E-state index in [0.717, 1.165) is 31.0 Å². The molecule has 0 fully saturated rings. The fourth-order valence-corrected chi connectivity index (χ4v) is 3.79. The van der Waals surface area contributed by atoms with E-state index < -0.39 is 6.10 Å². The fraction of sp³-hybridized carbons (Fsp3) is 0.214. The third-order valence-electron chi connectivity index (χ3n) is 3.22. The first kappa shape index (κ1) is 12.8. The third-order valence-corrected chi connectivity index (χ3v) is 5.40. The molecule has 0 bridgehead atoms. The average molecular weight is 338 g/mol. The van der Waals surface area contributed by atoms with Crippen molar-refractivity contribution < 1.29 is 9.90 Å². The molecule has 2 heterocycles.